The third-order valence-corrected chi connectivity index (χ3v) is 9.46. The van der Waals surface area contributed by atoms with Crippen LogP contribution in [0.5, 0.6) is 0 Å². The topological polar surface area (TPSA) is 0 Å². The van der Waals surface area contributed by atoms with Crippen molar-refractivity contribution in [2.24, 2.45) is 0 Å². The zero-order valence-corrected chi connectivity index (χ0v) is 14.8. The van der Waals surface area contributed by atoms with Gasteiger partial charge in [0.25, 0.3) is 0 Å². The summed E-state index contributed by atoms with van der Waals surface area (Å²) in [5, 5.41) is 2.19. The lowest BCUT2D eigenvalue weighted by atomic mass is 10.4. The highest BCUT2D eigenvalue weighted by molar-refractivity contribution is 8.35. The largest absolute Gasteiger partial charge is 0.138 e. The van der Waals surface area contributed by atoms with E-state index in [0.717, 1.165) is 0 Å². The second kappa shape index (κ2) is 6.68. The Hall–Kier alpha value is -2.29. The zero-order chi connectivity index (χ0) is 16.2. The molecule has 0 N–H and O–H groups in total. The molecular formula is C22H18S2. The third kappa shape index (κ3) is 2.48. The summed E-state index contributed by atoms with van der Waals surface area (Å²) < 4.78 is 1.42. The third-order valence-electron chi connectivity index (χ3n) is 4.09. The van der Waals surface area contributed by atoms with Crippen LogP contribution in [-0.4, -0.2) is 0 Å². The molecule has 0 aliphatic rings. The van der Waals surface area contributed by atoms with Gasteiger partial charge in [-0.1, -0.05) is 60.7 Å². The van der Waals surface area contributed by atoms with Crippen molar-refractivity contribution in [3.63, 3.8) is 0 Å². The van der Waals surface area contributed by atoms with Crippen molar-refractivity contribution in [2.75, 3.05) is 0 Å². The predicted molar refractivity (Wildman–Crippen MR) is 104 cm³/mol. The summed E-state index contributed by atoms with van der Waals surface area (Å²) in [5.74, 6) is 0. The maximum atomic E-state index is 2.28. The second-order valence-electron chi connectivity index (χ2n) is 5.48. The van der Waals surface area contributed by atoms with Gasteiger partial charge in [0.05, 0.1) is 4.21 Å². The van der Waals surface area contributed by atoms with Crippen molar-refractivity contribution >= 4 is 21.4 Å². The summed E-state index contributed by atoms with van der Waals surface area (Å²) in [6.07, 6.45) is 0. The van der Waals surface area contributed by atoms with Crippen molar-refractivity contribution in [1.29, 1.82) is 0 Å². The molecule has 4 rings (SSSR count). The molecule has 1 aromatic heterocycles. The van der Waals surface area contributed by atoms with Crippen LogP contribution in [0, 0.1) is 0 Å². The van der Waals surface area contributed by atoms with E-state index in [1.165, 1.54) is 18.9 Å². The molecule has 0 atom stereocenters. The van der Waals surface area contributed by atoms with Gasteiger partial charge in [0.1, 0.15) is 0 Å². The Balaban J connectivity index is 2.12. The fraction of sp³-hybridized carbons (Fsp3) is 0. The van der Waals surface area contributed by atoms with Crippen LogP contribution in [0.1, 0.15) is 0 Å². The minimum atomic E-state index is -1.45. The first-order chi connectivity index (χ1) is 11.9. The number of thiophene rings is 1. The van der Waals surface area contributed by atoms with Crippen LogP contribution in [0.15, 0.2) is 127 Å². The minimum Gasteiger partial charge on any atom is -0.138 e. The van der Waals surface area contributed by atoms with Crippen LogP contribution >= 0.6 is 21.4 Å². The molecule has 2 heteroatoms. The van der Waals surface area contributed by atoms with Crippen molar-refractivity contribution in [3.05, 3.63) is 109 Å². The van der Waals surface area contributed by atoms with E-state index < -0.39 is 10.0 Å². The first-order valence-electron chi connectivity index (χ1n) is 7.94. The predicted octanol–water partition coefficient (Wildman–Crippen LogP) is 7.09. The quantitative estimate of drug-likeness (QED) is 0.370. The van der Waals surface area contributed by atoms with Gasteiger partial charge in [0.15, 0.2) is 0 Å². The van der Waals surface area contributed by atoms with Gasteiger partial charge < -0.3 is 0 Å². The SMILES string of the molecule is c1ccc(S(c2ccccc2)(c2ccccc2)c2cccs2)cc1. The molecule has 24 heavy (non-hydrogen) atoms. The van der Waals surface area contributed by atoms with Crippen molar-refractivity contribution in [2.45, 2.75) is 18.9 Å². The van der Waals surface area contributed by atoms with E-state index in [1.54, 1.807) is 0 Å². The molecule has 0 nitrogen and oxygen atoms in total. The smallest absolute Gasteiger partial charge is 0.0550 e. The summed E-state index contributed by atoms with van der Waals surface area (Å²) in [4.78, 5) is 4.14. The van der Waals surface area contributed by atoms with Crippen LogP contribution in [0.25, 0.3) is 0 Å². The van der Waals surface area contributed by atoms with Gasteiger partial charge in [-0.05, 0) is 47.8 Å². The molecule has 0 fully saturated rings. The van der Waals surface area contributed by atoms with E-state index in [1.807, 2.05) is 11.3 Å². The maximum absolute atomic E-state index is 2.28. The molecular weight excluding hydrogens is 328 g/mol. The second-order valence-corrected chi connectivity index (χ2v) is 9.77. The van der Waals surface area contributed by atoms with Gasteiger partial charge in [-0.3, -0.25) is 0 Å². The standard InChI is InChI=1S/C22H18S2/c1-4-11-19(12-5-1)24(22-17-10-18-23-22,20-13-6-2-7-14-20)21-15-8-3-9-16-21/h1-18H. The van der Waals surface area contributed by atoms with E-state index in [4.69, 9.17) is 0 Å². The summed E-state index contributed by atoms with van der Waals surface area (Å²) in [5.41, 5.74) is 0. The van der Waals surface area contributed by atoms with Gasteiger partial charge >= 0.3 is 0 Å². The number of hydrogen-bond donors (Lipinski definition) is 0. The maximum Gasteiger partial charge on any atom is 0.0550 e. The van der Waals surface area contributed by atoms with Gasteiger partial charge in [0.2, 0.25) is 0 Å². The Labute approximate surface area is 148 Å². The van der Waals surface area contributed by atoms with E-state index >= 15 is 0 Å². The summed E-state index contributed by atoms with van der Waals surface area (Å²) in [7, 11) is -1.45. The molecule has 0 amide bonds. The van der Waals surface area contributed by atoms with Crippen LogP contribution in [0.4, 0.5) is 0 Å². The molecule has 0 saturated heterocycles. The first kappa shape index (κ1) is 15.3. The molecule has 4 aromatic rings. The Morgan fingerprint density at radius 1 is 0.458 bits per heavy atom. The molecule has 3 aromatic carbocycles. The molecule has 1 heterocycles. The Bertz CT molecular complexity index is 786. The van der Waals surface area contributed by atoms with Crippen molar-refractivity contribution in [3.8, 4) is 0 Å². The molecule has 118 valence electrons. The summed E-state index contributed by atoms with van der Waals surface area (Å²) in [6, 6.07) is 37.3. The monoisotopic (exact) mass is 346 g/mol. The Morgan fingerprint density at radius 2 is 0.875 bits per heavy atom. The van der Waals surface area contributed by atoms with Crippen LogP contribution < -0.4 is 0 Å². The normalized spacial score (nSPS) is 12.0. The number of benzene rings is 3. The molecule has 0 spiro atoms. The highest BCUT2D eigenvalue weighted by Gasteiger charge is 2.33. The number of rotatable bonds is 4. The van der Waals surface area contributed by atoms with E-state index in [9.17, 15) is 0 Å². The highest BCUT2D eigenvalue weighted by atomic mass is 32.3. The molecule has 0 aliphatic carbocycles. The Morgan fingerprint density at radius 3 is 1.21 bits per heavy atom. The minimum absolute atomic E-state index is 1.38. The zero-order valence-electron chi connectivity index (χ0n) is 13.2. The summed E-state index contributed by atoms with van der Waals surface area (Å²) in [6.45, 7) is 0. The van der Waals surface area contributed by atoms with Crippen molar-refractivity contribution < 1.29 is 0 Å². The molecule has 0 saturated carbocycles. The lowest BCUT2D eigenvalue weighted by Crippen LogP contribution is -2.03. The van der Waals surface area contributed by atoms with Crippen LogP contribution in [0.3, 0.4) is 0 Å². The van der Waals surface area contributed by atoms with Crippen LogP contribution in [0.2, 0.25) is 0 Å². The van der Waals surface area contributed by atoms with Gasteiger partial charge in [-0.2, -0.15) is 0 Å². The van der Waals surface area contributed by atoms with Crippen molar-refractivity contribution in [1.82, 2.24) is 0 Å². The number of hydrogen-bond acceptors (Lipinski definition) is 1. The lowest BCUT2D eigenvalue weighted by molar-refractivity contribution is 1.27. The molecule has 0 aliphatic heterocycles. The van der Waals surface area contributed by atoms with Gasteiger partial charge in [-0.25, -0.2) is 0 Å². The van der Waals surface area contributed by atoms with Gasteiger partial charge in [-0.15, -0.1) is 21.4 Å². The summed E-state index contributed by atoms with van der Waals surface area (Å²) >= 11 is 1.85. The van der Waals surface area contributed by atoms with E-state index in [0.29, 0.717) is 0 Å². The van der Waals surface area contributed by atoms with E-state index in [-0.39, 0.29) is 0 Å². The average Bonchev–Trinajstić information content (AvgIpc) is 3.20. The highest BCUT2D eigenvalue weighted by Crippen LogP contribution is 2.74. The first-order valence-corrected chi connectivity index (χ1v) is 10.5. The lowest BCUT2D eigenvalue weighted by Gasteiger charge is -2.40. The average molecular weight is 347 g/mol. The fourth-order valence-corrected chi connectivity index (χ4v) is 8.62. The van der Waals surface area contributed by atoms with Gasteiger partial charge in [0, 0.05) is 14.7 Å². The Kier molecular flexibility index (Phi) is 4.24. The fourth-order valence-electron chi connectivity index (χ4n) is 3.07. The molecule has 0 bridgehead atoms. The molecule has 0 unspecified atom stereocenters. The van der Waals surface area contributed by atoms with E-state index in [2.05, 4.69) is 109 Å². The van der Waals surface area contributed by atoms with Crippen LogP contribution in [-0.2, 0) is 0 Å². The molecule has 0 radical (unpaired) electrons.